The molecule has 1 aliphatic heterocycles. The number of thiophene rings is 1. The first-order valence-corrected chi connectivity index (χ1v) is 8.47. The van der Waals surface area contributed by atoms with Crippen LogP contribution < -0.4 is 10.0 Å². The monoisotopic (exact) mass is 307 g/mol. The lowest BCUT2D eigenvalue weighted by Crippen LogP contribution is -2.22. The number of para-hydroxylation sites is 1. The standard InChI is InChI=1S/C13H13N3O2S2/c17-20(18,12-6-3-9-19-12)16-11-5-2-1-4-10(11)13-14-7-8-15-13/h1-6,9,16H,7-8H2,(H,14,15). The predicted molar refractivity (Wildman–Crippen MR) is 81.0 cm³/mol. The maximum atomic E-state index is 12.3. The van der Waals surface area contributed by atoms with E-state index in [-0.39, 0.29) is 0 Å². The van der Waals surface area contributed by atoms with Crippen LogP contribution in [0.1, 0.15) is 5.56 Å². The Morgan fingerprint density at radius 3 is 2.75 bits per heavy atom. The minimum Gasteiger partial charge on any atom is -0.368 e. The molecule has 0 spiro atoms. The molecule has 2 aromatic rings. The van der Waals surface area contributed by atoms with Gasteiger partial charge in [0, 0.05) is 12.1 Å². The highest BCUT2D eigenvalue weighted by molar-refractivity contribution is 7.94. The van der Waals surface area contributed by atoms with Crippen LogP contribution in [0.4, 0.5) is 5.69 Å². The number of benzene rings is 1. The summed E-state index contributed by atoms with van der Waals surface area (Å²) in [5, 5.41) is 4.89. The number of anilines is 1. The molecule has 0 fully saturated rings. The zero-order valence-corrected chi connectivity index (χ0v) is 12.2. The van der Waals surface area contributed by atoms with Gasteiger partial charge in [0.25, 0.3) is 10.0 Å². The second-order valence-electron chi connectivity index (χ2n) is 4.24. The van der Waals surface area contributed by atoms with Gasteiger partial charge in [0.05, 0.1) is 12.2 Å². The summed E-state index contributed by atoms with van der Waals surface area (Å²) in [4.78, 5) is 4.33. The smallest absolute Gasteiger partial charge is 0.271 e. The van der Waals surface area contributed by atoms with Gasteiger partial charge in [0.15, 0.2) is 0 Å². The van der Waals surface area contributed by atoms with Crippen molar-refractivity contribution in [2.75, 3.05) is 17.8 Å². The van der Waals surface area contributed by atoms with E-state index in [1.807, 2.05) is 12.1 Å². The van der Waals surface area contributed by atoms with Crippen molar-refractivity contribution in [3.8, 4) is 0 Å². The van der Waals surface area contributed by atoms with Gasteiger partial charge in [-0.25, -0.2) is 8.42 Å². The van der Waals surface area contributed by atoms with Crippen molar-refractivity contribution in [1.82, 2.24) is 5.32 Å². The fourth-order valence-corrected chi connectivity index (χ4v) is 4.04. The molecule has 20 heavy (non-hydrogen) atoms. The number of nitrogens with zero attached hydrogens (tertiary/aromatic N) is 1. The zero-order valence-electron chi connectivity index (χ0n) is 10.5. The average molecular weight is 307 g/mol. The van der Waals surface area contributed by atoms with Crippen LogP contribution in [0.5, 0.6) is 0 Å². The Labute approximate surface area is 121 Å². The highest BCUT2D eigenvalue weighted by Gasteiger charge is 2.19. The Balaban J connectivity index is 1.96. The fourth-order valence-electron chi connectivity index (χ4n) is 1.97. The number of amidine groups is 1. The molecule has 0 saturated heterocycles. The normalized spacial score (nSPS) is 14.7. The van der Waals surface area contributed by atoms with Crippen molar-refractivity contribution >= 4 is 32.9 Å². The van der Waals surface area contributed by atoms with E-state index in [2.05, 4.69) is 15.0 Å². The SMILES string of the molecule is O=S(=O)(Nc1ccccc1C1=NCCN1)c1cccs1. The Morgan fingerprint density at radius 2 is 2.05 bits per heavy atom. The van der Waals surface area contributed by atoms with E-state index in [1.165, 1.54) is 11.3 Å². The summed E-state index contributed by atoms with van der Waals surface area (Å²) in [7, 11) is -3.54. The summed E-state index contributed by atoms with van der Waals surface area (Å²) in [6, 6.07) is 10.5. The van der Waals surface area contributed by atoms with E-state index in [4.69, 9.17) is 0 Å². The van der Waals surface area contributed by atoms with Crippen LogP contribution in [0.2, 0.25) is 0 Å². The van der Waals surface area contributed by atoms with Crippen LogP contribution in [0.25, 0.3) is 0 Å². The number of sulfonamides is 1. The van der Waals surface area contributed by atoms with Crippen LogP contribution in [-0.2, 0) is 10.0 Å². The van der Waals surface area contributed by atoms with Crippen molar-refractivity contribution in [1.29, 1.82) is 0 Å². The van der Waals surface area contributed by atoms with Crippen molar-refractivity contribution in [3.63, 3.8) is 0 Å². The highest BCUT2D eigenvalue weighted by Crippen LogP contribution is 2.23. The fraction of sp³-hybridized carbons (Fsp3) is 0.154. The molecule has 0 amide bonds. The molecule has 3 rings (SSSR count). The van der Waals surface area contributed by atoms with Crippen molar-refractivity contribution < 1.29 is 8.42 Å². The van der Waals surface area contributed by atoms with Gasteiger partial charge in [0.2, 0.25) is 0 Å². The topological polar surface area (TPSA) is 70.6 Å². The summed E-state index contributed by atoms with van der Waals surface area (Å²) in [5.41, 5.74) is 1.30. The van der Waals surface area contributed by atoms with Crippen LogP contribution in [0.3, 0.4) is 0 Å². The second-order valence-corrected chi connectivity index (χ2v) is 7.10. The van der Waals surface area contributed by atoms with Gasteiger partial charge in [-0.05, 0) is 23.6 Å². The lowest BCUT2D eigenvalue weighted by Gasteiger charge is -2.11. The summed E-state index contributed by atoms with van der Waals surface area (Å²) in [6.07, 6.45) is 0. The van der Waals surface area contributed by atoms with E-state index in [9.17, 15) is 8.42 Å². The maximum absolute atomic E-state index is 12.3. The summed E-state index contributed by atoms with van der Waals surface area (Å²) in [6.45, 7) is 1.49. The summed E-state index contributed by atoms with van der Waals surface area (Å²) >= 11 is 1.19. The molecule has 0 bridgehead atoms. The molecular formula is C13H13N3O2S2. The molecule has 104 valence electrons. The lowest BCUT2D eigenvalue weighted by atomic mass is 10.1. The first-order chi connectivity index (χ1) is 9.67. The van der Waals surface area contributed by atoms with Crippen molar-refractivity contribution in [3.05, 3.63) is 47.3 Å². The van der Waals surface area contributed by atoms with Crippen molar-refractivity contribution in [2.24, 2.45) is 4.99 Å². The van der Waals surface area contributed by atoms with E-state index in [0.29, 0.717) is 16.4 Å². The molecule has 0 saturated carbocycles. The van der Waals surface area contributed by atoms with Gasteiger partial charge < -0.3 is 5.32 Å². The molecule has 2 heterocycles. The molecule has 7 heteroatoms. The lowest BCUT2D eigenvalue weighted by molar-refractivity contribution is 0.603. The van der Waals surface area contributed by atoms with Gasteiger partial charge in [-0.15, -0.1) is 11.3 Å². The third-order valence-electron chi connectivity index (χ3n) is 2.86. The van der Waals surface area contributed by atoms with E-state index in [0.717, 1.165) is 17.9 Å². The van der Waals surface area contributed by atoms with Crippen LogP contribution in [-0.4, -0.2) is 27.3 Å². The minimum absolute atomic E-state index is 0.300. The van der Waals surface area contributed by atoms with Crippen molar-refractivity contribution in [2.45, 2.75) is 4.21 Å². The zero-order chi connectivity index (χ0) is 14.0. The molecular weight excluding hydrogens is 294 g/mol. The molecule has 5 nitrogen and oxygen atoms in total. The molecule has 0 aliphatic carbocycles. The number of hydrogen-bond donors (Lipinski definition) is 2. The van der Waals surface area contributed by atoms with Gasteiger partial charge in [-0.2, -0.15) is 0 Å². The van der Waals surface area contributed by atoms with Gasteiger partial charge in [-0.1, -0.05) is 18.2 Å². The molecule has 1 aromatic carbocycles. The minimum atomic E-state index is -3.54. The van der Waals surface area contributed by atoms with Crippen LogP contribution in [0, 0.1) is 0 Å². The molecule has 1 aromatic heterocycles. The number of aliphatic imine (C=N–C) groups is 1. The van der Waals surface area contributed by atoms with Crippen LogP contribution >= 0.6 is 11.3 Å². The van der Waals surface area contributed by atoms with Gasteiger partial charge >= 0.3 is 0 Å². The largest absolute Gasteiger partial charge is 0.368 e. The van der Waals surface area contributed by atoms with Crippen LogP contribution in [0.15, 0.2) is 51.0 Å². The predicted octanol–water partition coefficient (Wildman–Crippen LogP) is 1.90. The third-order valence-corrected chi connectivity index (χ3v) is 5.62. The maximum Gasteiger partial charge on any atom is 0.271 e. The number of hydrogen-bond acceptors (Lipinski definition) is 5. The molecule has 2 N–H and O–H groups in total. The Hall–Kier alpha value is -1.86. The first kappa shape index (κ1) is 13.1. The summed E-state index contributed by atoms with van der Waals surface area (Å²) in [5.74, 6) is 0.731. The quantitative estimate of drug-likeness (QED) is 0.906. The first-order valence-electron chi connectivity index (χ1n) is 6.11. The Kier molecular flexibility index (Phi) is 3.45. The highest BCUT2D eigenvalue weighted by atomic mass is 32.2. The molecule has 0 unspecified atom stereocenters. The number of nitrogens with one attached hydrogen (secondary N) is 2. The Morgan fingerprint density at radius 1 is 1.20 bits per heavy atom. The van der Waals surface area contributed by atoms with Gasteiger partial charge in [-0.3, -0.25) is 9.71 Å². The Bertz CT molecular complexity index is 737. The number of rotatable bonds is 4. The van der Waals surface area contributed by atoms with Gasteiger partial charge in [0.1, 0.15) is 10.0 Å². The second kappa shape index (κ2) is 5.26. The van der Waals surface area contributed by atoms with E-state index in [1.54, 1.807) is 29.6 Å². The summed E-state index contributed by atoms with van der Waals surface area (Å²) < 4.78 is 27.5. The van der Waals surface area contributed by atoms with E-state index >= 15 is 0 Å². The third kappa shape index (κ3) is 2.54. The molecule has 0 atom stereocenters. The molecule has 1 aliphatic rings. The molecule has 0 radical (unpaired) electrons. The van der Waals surface area contributed by atoms with E-state index < -0.39 is 10.0 Å². The average Bonchev–Trinajstić information content (AvgIpc) is 3.13.